The Labute approximate surface area is 360 Å². The first-order chi connectivity index (χ1) is 30.7. The second kappa shape index (κ2) is 16.0. The number of fused-ring (bicyclic) bond motifs is 2. The molecule has 0 bridgehead atoms. The molecule has 0 aliphatic rings. The maximum Gasteiger partial charge on any atom is 0.160 e. The van der Waals surface area contributed by atoms with Gasteiger partial charge in [-0.05, 0) is 56.6 Å². The van der Waals surface area contributed by atoms with E-state index in [9.17, 15) is 0 Å². The number of hydrogen-bond donors (Lipinski definition) is 0. The monoisotopic (exact) mass is 790 g/mol. The molecule has 290 valence electrons. The summed E-state index contributed by atoms with van der Waals surface area (Å²) in [7, 11) is 0. The van der Waals surface area contributed by atoms with Gasteiger partial charge in [0.2, 0.25) is 0 Å². The van der Waals surface area contributed by atoms with Crippen LogP contribution in [-0.2, 0) is 0 Å². The molecule has 0 amide bonds. The predicted octanol–water partition coefficient (Wildman–Crippen LogP) is 14.9. The molecule has 0 unspecified atom stereocenters. The Hall–Kier alpha value is -8.34. The van der Waals surface area contributed by atoms with Crippen molar-refractivity contribution in [3.05, 3.63) is 231 Å². The van der Waals surface area contributed by atoms with E-state index >= 15 is 0 Å². The summed E-state index contributed by atoms with van der Waals surface area (Å²) in [6, 6.07) is 80.7. The molecule has 0 aliphatic heterocycles. The normalized spacial score (nSPS) is 11.2. The Bertz CT molecular complexity index is 3120. The quantitative estimate of drug-likeness (QED) is 0.154. The van der Waals surface area contributed by atoms with Crippen molar-refractivity contribution in [2.45, 2.75) is 0 Å². The van der Waals surface area contributed by atoms with E-state index in [2.05, 4.69) is 182 Å². The van der Waals surface area contributed by atoms with Crippen molar-refractivity contribution in [3.63, 3.8) is 0 Å². The van der Waals surface area contributed by atoms with E-state index in [1.807, 2.05) is 48.5 Å². The Morgan fingerprint density at radius 2 is 0.516 bits per heavy atom. The minimum Gasteiger partial charge on any atom is -0.228 e. The van der Waals surface area contributed by atoms with E-state index in [0.717, 1.165) is 100.0 Å². The highest BCUT2D eigenvalue weighted by molar-refractivity contribution is 6.03. The average Bonchev–Trinajstić information content (AvgIpc) is 3.36. The van der Waals surface area contributed by atoms with Crippen LogP contribution in [0.4, 0.5) is 0 Å². The highest BCUT2D eigenvalue weighted by atomic mass is 14.9. The predicted molar refractivity (Wildman–Crippen MR) is 256 cm³/mol. The highest BCUT2D eigenvalue weighted by Crippen LogP contribution is 2.46. The highest BCUT2D eigenvalue weighted by Gasteiger charge is 2.21. The molecule has 9 aromatic carbocycles. The molecule has 4 heteroatoms. The van der Waals surface area contributed by atoms with Crippen molar-refractivity contribution in [1.82, 2.24) is 19.9 Å². The number of aromatic nitrogens is 4. The zero-order valence-corrected chi connectivity index (χ0v) is 33.7. The third kappa shape index (κ3) is 6.90. The number of nitrogens with zero attached hydrogens (tertiary/aromatic N) is 4. The first-order valence-electron chi connectivity index (χ1n) is 20.9. The third-order valence-electron chi connectivity index (χ3n) is 11.5. The Morgan fingerprint density at radius 3 is 0.887 bits per heavy atom. The summed E-state index contributed by atoms with van der Waals surface area (Å²) in [4.78, 5) is 20.3. The van der Waals surface area contributed by atoms with Gasteiger partial charge in [0.15, 0.2) is 11.6 Å². The molecule has 0 spiro atoms. The molecule has 11 aromatic rings. The summed E-state index contributed by atoms with van der Waals surface area (Å²) < 4.78 is 0. The summed E-state index contributed by atoms with van der Waals surface area (Å²) in [6.45, 7) is 0. The lowest BCUT2D eigenvalue weighted by Crippen LogP contribution is -1.97. The summed E-state index contributed by atoms with van der Waals surface area (Å²) in [5.74, 6) is 1.42. The van der Waals surface area contributed by atoms with Gasteiger partial charge in [-0.1, -0.05) is 218 Å². The van der Waals surface area contributed by atoms with E-state index in [1.54, 1.807) is 0 Å². The Morgan fingerprint density at radius 1 is 0.210 bits per heavy atom. The first-order valence-corrected chi connectivity index (χ1v) is 20.9. The van der Waals surface area contributed by atoms with Gasteiger partial charge in [-0.15, -0.1) is 0 Å². The van der Waals surface area contributed by atoms with Gasteiger partial charge in [0.1, 0.15) is 0 Å². The molecule has 2 heterocycles. The zero-order valence-electron chi connectivity index (χ0n) is 33.7. The fourth-order valence-electron chi connectivity index (χ4n) is 8.53. The minimum atomic E-state index is 0.710. The lowest BCUT2D eigenvalue weighted by Gasteiger charge is -2.21. The van der Waals surface area contributed by atoms with Crippen molar-refractivity contribution >= 4 is 21.8 Å². The smallest absolute Gasteiger partial charge is 0.160 e. The molecule has 0 saturated heterocycles. The van der Waals surface area contributed by atoms with Crippen LogP contribution >= 0.6 is 0 Å². The van der Waals surface area contributed by atoms with E-state index in [4.69, 9.17) is 19.9 Å². The maximum absolute atomic E-state index is 5.18. The molecule has 0 atom stereocenters. The number of benzene rings is 9. The van der Waals surface area contributed by atoms with Crippen LogP contribution in [-0.4, -0.2) is 19.9 Å². The number of rotatable bonds is 8. The summed E-state index contributed by atoms with van der Waals surface area (Å²) in [5.41, 5.74) is 16.8. The van der Waals surface area contributed by atoms with Crippen LogP contribution in [0.15, 0.2) is 231 Å². The van der Waals surface area contributed by atoms with Gasteiger partial charge in [-0.3, -0.25) is 0 Å². The molecule has 11 rings (SSSR count). The second-order valence-corrected chi connectivity index (χ2v) is 15.4. The molecule has 0 fully saturated rings. The molecule has 4 nitrogen and oxygen atoms in total. The van der Waals surface area contributed by atoms with Crippen LogP contribution in [0.3, 0.4) is 0 Å². The van der Waals surface area contributed by atoms with Gasteiger partial charge in [-0.25, -0.2) is 19.9 Å². The lowest BCUT2D eigenvalue weighted by atomic mass is 9.82. The molecule has 0 saturated carbocycles. The van der Waals surface area contributed by atoms with E-state index < -0.39 is 0 Å². The van der Waals surface area contributed by atoms with Crippen molar-refractivity contribution in [1.29, 1.82) is 0 Å². The SMILES string of the molecule is c1ccc(-c2nc(-c3ccc(-c4c(-c5ccccc5)ccc(-c5ccccc5)c4-c4ccc(-c5nc(-c6ccccc6)nc6ccccc56)cc4)cc3)c3ccccc3n2)cc1. The van der Waals surface area contributed by atoms with Crippen molar-refractivity contribution in [2.75, 3.05) is 0 Å². The zero-order chi connectivity index (χ0) is 41.2. The summed E-state index contributed by atoms with van der Waals surface area (Å²) in [6.07, 6.45) is 0. The standard InChI is InChI=1S/C58H38N4/c1-5-17-39(18-6-1)47-37-38-48(40-19-7-2-8-20-40)54(42-31-35-44(36-32-42)56-50-26-14-16-28-52(50)60-58(62-56)46-23-11-4-12-24-46)53(47)41-29-33-43(34-30-41)55-49-25-13-15-27-51(49)59-57(61-55)45-21-9-3-10-22-45/h1-38H. The van der Waals surface area contributed by atoms with Crippen molar-refractivity contribution in [2.24, 2.45) is 0 Å². The van der Waals surface area contributed by atoms with E-state index in [1.165, 1.54) is 0 Å². The van der Waals surface area contributed by atoms with Gasteiger partial charge in [0, 0.05) is 33.0 Å². The molecule has 62 heavy (non-hydrogen) atoms. The second-order valence-electron chi connectivity index (χ2n) is 15.4. The first kappa shape index (κ1) is 36.7. The molecule has 0 radical (unpaired) electrons. The fraction of sp³-hybridized carbons (Fsp3) is 0. The van der Waals surface area contributed by atoms with Crippen LogP contribution in [0.1, 0.15) is 0 Å². The molecule has 2 aromatic heterocycles. The summed E-state index contributed by atoms with van der Waals surface area (Å²) in [5, 5.41) is 2.04. The Kier molecular flexibility index (Phi) is 9.49. The van der Waals surface area contributed by atoms with Crippen LogP contribution < -0.4 is 0 Å². The fourth-order valence-corrected chi connectivity index (χ4v) is 8.53. The van der Waals surface area contributed by atoms with E-state index in [-0.39, 0.29) is 0 Å². The molecule has 0 N–H and O–H groups in total. The van der Waals surface area contributed by atoms with Crippen LogP contribution in [0.5, 0.6) is 0 Å². The lowest BCUT2D eigenvalue weighted by molar-refractivity contribution is 1.23. The van der Waals surface area contributed by atoms with Gasteiger partial charge in [-0.2, -0.15) is 0 Å². The van der Waals surface area contributed by atoms with Crippen molar-refractivity contribution < 1.29 is 0 Å². The van der Waals surface area contributed by atoms with Gasteiger partial charge < -0.3 is 0 Å². The Balaban J connectivity index is 1.10. The summed E-state index contributed by atoms with van der Waals surface area (Å²) >= 11 is 0. The average molecular weight is 791 g/mol. The maximum atomic E-state index is 5.18. The van der Waals surface area contributed by atoms with Crippen LogP contribution in [0.2, 0.25) is 0 Å². The van der Waals surface area contributed by atoms with Gasteiger partial charge in [0.25, 0.3) is 0 Å². The van der Waals surface area contributed by atoms with Gasteiger partial charge >= 0.3 is 0 Å². The van der Waals surface area contributed by atoms with E-state index in [0.29, 0.717) is 11.6 Å². The largest absolute Gasteiger partial charge is 0.228 e. The van der Waals surface area contributed by atoms with Crippen LogP contribution in [0, 0.1) is 0 Å². The third-order valence-corrected chi connectivity index (χ3v) is 11.5. The van der Waals surface area contributed by atoms with Crippen LogP contribution in [0.25, 0.3) is 112 Å². The molecular weight excluding hydrogens is 753 g/mol. The number of hydrogen-bond acceptors (Lipinski definition) is 4. The molecular formula is C58H38N4. The van der Waals surface area contributed by atoms with Crippen molar-refractivity contribution in [3.8, 4) is 89.8 Å². The topological polar surface area (TPSA) is 51.6 Å². The number of para-hydroxylation sites is 2. The molecule has 0 aliphatic carbocycles. The van der Waals surface area contributed by atoms with Gasteiger partial charge in [0.05, 0.1) is 22.4 Å². The minimum absolute atomic E-state index is 0.710.